The molecule has 17 heavy (non-hydrogen) atoms. The molecular formula is C13H17NO3. The number of aromatic hydroxyl groups is 1. The first-order chi connectivity index (χ1) is 7.89. The Kier molecular flexibility index (Phi) is 2.83. The van der Waals surface area contributed by atoms with Gasteiger partial charge in [0.1, 0.15) is 5.75 Å². The first-order valence-electron chi connectivity index (χ1n) is 5.70. The van der Waals surface area contributed by atoms with Crippen LogP contribution in [0.25, 0.3) is 0 Å². The Bertz CT molecular complexity index is 454. The van der Waals surface area contributed by atoms with E-state index in [1.165, 1.54) is 6.07 Å². The lowest BCUT2D eigenvalue weighted by Gasteiger charge is -2.19. The van der Waals surface area contributed by atoms with Gasteiger partial charge in [-0.15, -0.1) is 0 Å². The minimum Gasteiger partial charge on any atom is -0.508 e. The number of nitrogens with zero attached hydrogens (tertiary/aromatic N) is 1. The number of phenols is 1. The quantitative estimate of drug-likeness (QED) is 0.771. The predicted molar refractivity (Wildman–Crippen MR) is 64.0 cm³/mol. The summed E-state index contributed by atoms with van der Waals surface area (Å²) >= 11 is 0. The Morgan fingerprint density at radius 3 is 2.71 bits per heavy atom. The standard InChI is InChI=1S/C13H17NO3/c1-9-3-4-10(7-11(9)15)12(16)14-6-5-13(2,17)8-14/h3-4,7,15,17H,5-6,8H2,1-2H3. The molecule has 0 bridgehead atoms. The van der Waals surface area contributed by atoms with E-state index in [1.807, 2.05) is 0 Å². The summed E-state index contributed by atoms with van der Waals surface area (Å²) in [5, 5.41) is 19.4. The summed E-state index contributed by atoms with van der Waals surface area (Å²) in [6.45, 7) is 4.41. The van der Waals surface area contributed by atoms with Crippen LogP contribution in [-0.4, -0.2) is 39.7 Å². The molecule has 4 nitrogen and oxygen atoms in total. The third-order valence-electron chi connectivity index (χ3n) is 3.20. The van der Waals surface area contributed by atoms with Crippen molar-refractivity contribution in [2.24, 2.45) is 0 Å². The van der Waals surface area contributed by atoms with Crippen molar-refractivity contribution in [3.63, 3.8) is 0 Å². The van der Waals surface area contributed by atoms with E-state index in [4.69, 9.17) is 0 Å². The normalized spacial score (nSPS) is 24.1. The van der Waals surface area contributed by atoms with Crippen molar-refractivity contribution in [1.82, 2.24) is 4.90 Å². The highest BCUT2D eigenvalue weighted by molar-refractivity contribution is 5.95. The van der Waals surface area contributed by atoms with E-state index in [2.05, 4.69) is 0 Å². The second-order valence-electron chi connectivity index (χ2n) is 4.97. The number of β-amino-alcohol motifs (C(OH)–C–C–N with tert-alkyl or cyclic N) is 1. The molecular weight excluding hydrogens is 218 g/mol. The van der Waals surface area contributed by atoms with E-state index in [9.17, 15) is 15.0 Å². The summed E-state index contributed by atoms with van der Waals surface area (Å²) in [5.74, 6) is -0.0140. The van der Waals surface area contributed by atoms with Crippen LogP contribution in [0, 0.1) is 6.92 Å². The minimum atomic E-state index is -0.789. The van der Waals surface area contributed by atoms with Gasteiger partial charge in [0, 0.05) is 18.7 Å². The van der Waals surface area contributed by atoms with Crippen LogP contribution >= 0.6 is 0 Å². The van der Waals surface area contributed by atoms with E-state index < -0.39 is 5.60 Å². The fourth-order valence-corrected chi connectivity index (χ4v) is 2.04. The van der Waals surface area contributed by atoms with Crippen LogP contribution in [-0.2, 0) is 0 Å². The van der Waals surface area contributed by atoms with Crippen LogP contribution in [0.4, 0.5) is 0 Å². The zero-order valence-electron chi connectivity index (χ0n) is 10.1. The van der Waals surface area contributed by atoms with E-state index >= 15 is 0 Å². The maximum Gasteiger partial charge on any atom is 0.254 e. The van der Waals surface area contributed by atoms with Gasteiger partial charge in [-0.2, -0.15) is 0 Å². The monoisotopic (exact) mass is 235 g/mol. The molecule has 1 fully saturated rings. The van der Waals surface area contributed by atoms with Gasteiger partial charge >= 0.3 is 0 Å². The zero-order chi connectivity index (χ0) is 12.6. The van der Waals surface area contributed by atoms with Crippen molar-refractivity contribution in [2.45, 2.75) is 25.9 Å². The molecule has 1 saturated heterocycles. The highest BCUT2D eigenvalue weighted by Crippen LogP contribution is 2.24. The third-order valence-corrected chi connectivity index (χ3v) is 3.20. The molecule has 1 atom stereocenters. The average Bonchev–Trinajstić information content (AvgIpc) is 2.62. The predicted octanol–water partition coefficient (Wildman–Crippen LogP) is 1.30. The average molecular weight is 235 g/mol. The lowest BCUT2D eigenvalue weighted by molar-refractivity contribution is 0.0572. The van der Waals surface area contributed by atoms with E-state index in [1.54, 1.807) is 30.9 Å². The molecule has 1 aromatic carbocycles. The summed E-state index contributed by atoms with van der Waals surface area (Å²) in [6.07, 6.45) is 0.594. The molecule has 1 amide bonds. The number of benzene rings is 1. The first-order valence-corrected chi connectivity index (χ1v) is 5.70. The number of carbonyl (C=O) groups is 1. The highest BCUT2D eigenvalue weighted by Gasteiger charge is 2.34. The van der Waals surface area contributed by atoms with Gasteiger partial charge in [0.2, 0.25) is 0 Å². The third kappa shape index (κ3) is 2.42. The lowest BCUT2D eigenvalue weighted by Crippen LogP contribution is -2.33. The smallest absolute Gasteiger partial charge is 0.254 e. The lowest BCUT2D eigenvalue weighted by atomic mass is 10.1. The van der Waals surface area contributed by atoms with E-state index in [0.29, 0.717) is 25.1 Å². The molecule has 1 aliphatic rings. The van der Waals surface area contributed by atoms with Crippen molar-refractivity contribution in [2.75, 3.05) is 13.1 Å². The van der Waals surface area contributed by atoms with Gasteiger partial charge in [-0.1, -0.05) is 6.07 Å². The summed E-state index contributed by atoms with van der Waals surface area (Å²) < 4.78 is 0. The molecule has 92 valence electrons. The number of aryl methyl sites for hydroxylation is 1. The fraction of sp³-hybridized carbons (Fsp3) is 0.462. The molecule has 1 aliphatic heterocycles. The van der Waals surface area contributed by atoms with Gasteiger partial charge < -0.3 is 15.1 Å². The summed E-state index contributed by atoms with van der Waals surface area (Å²) in [6, 6.07) is 4.89. The number of likely N-dealkylation sites (tertiary alicyclic amines) is 1. The Hall–Kier alpha value is -1.55. The van der Waals surface area contributed by atoms with Crippen molar-refractivity contribution in [3.05, 3.63) is 29.3 Å². The number of amides is 1. The van der Waals surface area contributed by atoms with Gasteiger partial charge in [0.05, 0.1) is 5.60 Å². The fourth-order valence-electron chi connectivity index (χ4n) is 2.04. The Morgan fingerprint density at radius 2 is 2.18 bits per heavy atom. The molecule has 0 aliphatic carbocycles. The van der Waals surface area contributed by atoms with Crippen LogP contribution in [0.15, 0.2) is 18.2 Å². The van der Waals surface area contributed by atoms with Gasteiger partial charge in [-0.3, -0.25) is 4.79 Å². The highest BCUT2D eigenvalue weighted by atomic mass is 16.3. The number of hydrogen-bond donors (Lipinski definition) is 2. The number of hydrogen-bond acceptors (Lipinski definition) is 3. The SMILES string of the molecule is Cc1ccc(C(=O)N2CCC(C)(O)C2)cc1O. The Labute approximate surface area is 100 Å². The summed E-state index contributed by atoms with van der Waals surface area (Å²) in [7, 11) is 0. The molecule has 0 spiro atoms. The molecule has 1 aromatic rings. The van der Waals surface area contributed by atoms with Crippen LogP contribution < -0.4 is 0 Å². The first kappa shape index (κ1) is 11.9. The van der Waals surface area contributed by atoms with Gasteiger partial charge in [-0.05, 0) is 38.0 Å². The van der Waals surface area contributed by atoms with Crippen molar-refractivity contribution in [1.29, 1.82) is 0 Å². The van der Waals surface area contributed by atoms with Crippen molar-refractivity contribution in [3.8, 4) is 5.75 Å². The molecule has 0 saturated carbocycles. The number of rotatable bonds is 1. The van der Waals surface area contributed by atoms with Gasteiger partial charge in [-0.25, -0.2) is 0 Å². The van der Waals surface area contributed by atoms with E-state index in [0.717, 1.165) is 5.56 Å². The number of aliphatic hydroxyl groups is 1. The van der Waals surface area contributed by atoms with Crippen molar-refractivity contribution >= 4 is 5.91 Å². The Morgan fingerprint density at radius 1 is 1.47 bits per heavy atom. The summed E-state index contributed by atoms with van der Waals surface area (Å²) in [4.78, 5) is 13.7. The van der Waals surface area contributed by atoms with Gasteiger partial charge in [0.15, 0.2) is 0 Å². The molecule has 0 aromatic heterocycles. The zero-order valence-corrected chi connectivity index (χ0v) is 10.1. The Balaban J connectivity index is 2.18. The second kappa shape index (κ2) is 4.04. The van der Waals surface area contributed by atoms with Crippen LogP contribution in [0.1, 0.15) is 29.3 Å². The van der Waals surface area contributed by atoms with Crippen molar-refractivity contribution < 1.29 is 15.0 Å². The second-order valence-corrected chi connectivity index (χ2v) is 4.97. The number of carbonyl (C=O) groups excluding carboxylic acids is 1. The minimum absolute atomic E-state index is 0.127. The maximum absolute atomic E-state index is 12.1. The van der Waals surface area contributed by atoms with Crippen LogP contribution in [0.2, 0.25) is 0 Å². The molecule has 1 unspecified atom stereocenters. The summed E-state index contributed by atoms with van der Waals surface area (Å²) in [5.41, 5.74) is 0.420. The molecule has 2 rings (SSSR count). The molecule has 0 radical (unpaired) electrons. The van der Waals surface area contributed by atoms with E-state index in [-0.39, 0.29) is 11.7 Å². The van der Waals surface area contributed by atoms with Crippen LogP contribution in [0.5, 0.6) is 5.75 Å². The topological polar surface area (TPSA) is 60.8 Å². The maximum atomic E-state index is 12.1. The molecule has 4 heteroatoms. The molecule has 2 N–H and O–H groups in total. The largest absolute Gasteiger partial charge is 0.508 e. The van der Waals surface area contributed by atoms with Gasteiger partial charge in [0.25, 0.3) is 5.91 Å². The van der Waals surface area contributed by atoms with Crippen LogP contribution in [0.3, 0.4) is 0 Å². The molecule has 1 heterocycles. The number of phenolic OH excluding ortho intramolecular Hbond substituents is 1.